The molecule has 5 heteroatoms. The molecule has 0 spiro atoms. The van der Waals surface area contributed by atoms with E-state index >= 15 is 0 Å². The molecule has 0 aliphatic heterocycles. The van der Waals surface area contributed by atoms with Crippen LogP contribution in [-0.4, -0.2) is 18.3 Å². The number of carbonyl (C=O) groups excluding carboxylic acids is 1. The highest BCUT2D eigenvalue weighted by molar-refractivity contribution is 9.10. The second kappa shape index (κ2) is 6.27. The Balaban J connectivity index is 2.66. The van der Waals surface area contributed by atoms with Gasteiger partial charge in [-0.05, 0) is 41.9 Å². The van der Waals surface area contributed by atoms with E-state index in [0.717, 1.165) is 10.2 Å². The van der Waals surface area contributed by atoms with Crippen LogP contribution in [-0.2, 0) is 9.53 Å². The van der Waals surface area contributed by atoms with E-state index in [-0.39, 0.29) is 5.71 Å². The molecule has 0 amide bonds. The van der Waals surface area contributed by atoms with Gasteiger partial charge < -0.3 is 4.74 Å². The monoisotopic (exact) mass is 284 g/mol. The predicted molar refractivity (Wildman–Crippen MR) is 67.5 cm³/mol. The van der Waals surface area contributed by atoms with E-state index < -0.39 is 5.97 Å². The first-order valence-corrected chi connectivity index (χ1v) is 5.66. The van der Waals surface area contributed by atoms with E-state index in [0.29, 0.717) is 6.61 Å². The lowest BCUT2D eigenvalue weighted by molar-refractivity contribution is -0.135. The quantitative estimate of drug-likeness (QED) is 0.526. The van der Waals surface area contributed by atoms with Crippen LogP contribution < -0.4 is 5.43 Å². The summed E-state index contributed by atoms with van der Waals surface area (Å²) >= 11 is 3.37. The lowest BCUT2D eigenvalue weighted by atomic mass is 10.3. The maximum atomic E-state index is 11.2. The molecule has 0 bridgehead atoms. The van der Waals surface area contributed by atoms with Crippen LogP contribution in [0.3, 0.4) is 0 Å². The molecule has 0 unspecified atom stereocenters. The van der Waals surface area contributed by atoms with Crippen LogP contribution in [0.5, 0.6) is 0 Å². The van der Waals surface area contributed by atoms with Crippen LogP contribution >= 0.6 is 15.9 Å². The smallest absolute Gasteiger partial charge is 0.354 e. The first kappa shape index (κ1) is 12.7. The number of carbonyl (C=O) groups is 1. The van der Waals surface area contributed by atoms with Gasteiger partial charge in [0.05, 0.1) is 12.3 Å². The van der Waals surface area contributed by atoms with E-state index in [1.807, 2.05) is 24.3 Å². The molecule has 4 nitrogen and oxygen atoms in total. The zero-order valence-electron chi connectivity index (χ0n) is 9.16. The summed E-state index contributed by atoms with van der Waals surface area (Å²) in [4.78, 5) is 11.2. The molecule has 0 atom stereocenters. The number of para-hydroxylation sites is 1. The van der Waals surface area contributed by atoms with Crippen molar-refractivity contribution >= 4 is 33.3 Å². The number of esters is 1. The van der Waals surface area contributed by atoms with Crippen molar-refractivity contribution in [1.29, 1.82) is 0 Å². The first-order valence-electron chi connectivity index (χ1n) is 4.87. The van der Waals surface area contributed by atoms with Crippen molar-refractivity contribution in [3.8, 4) is 0 Å². The molecular formula is C11H13BrN2O2. The fourth-order valence-electron chi connectivity index (χ4n) is 0.977. The topological polar surface area (TPSA) is 50.7 Å². The van der Waals surface area contributed by atoms with E-state index in [2.05, 4.69) is 26.5 Å². The standard InChI is InChI=1S/C11H13BrN2O2/c1-3-16-11(15)8(2)13-14-10-7-5-4-6-9(10)12/h4-7,14H,3H2,1-2H3/b13-8-. The average molecular weight is 285 g/mol. The van der Waals surface area contributed by atoms with Gasteiger partial charge in [-0.15, -0.1) is 0 Å². The summed E-state index contributed by atoms with van der Waals surface area (Å²) in [5, 5.41) is 3.94. The third kappa shape index (κ3) is 3.66. The Labute approximate surface area is 103 Å². The van der Waals surface area contributed by atoms with E-state index in [4.69, 9.17) is 4.74 Å². The maximum absolute atomic E-state index is 11.2. The average Bonchev–Trinajstić information content (AvgIpc) is 2.28. The number of nitrogens with one attached hydrogen (secondary N) is 1. The molecule has 0 radical (unpaired) electrons. The molecule has 1 N–H and O–H groups in total. The fourth-order valence-corrected chi connectivity index (χ4v) is 1.35. The molecule has 0 fully saturated rings. The van der Waals surface area contributed by atoms with Crippen molar-refractivity contribution < 1.29 is 9.53 Å². The Bertz CT molecular complexity index is 405. The minimum Gasteiger partial charge on any atom is -0.461 e. The van der Waals surface area contributed by atoms with Crippen LogP contribution in [0.4, 0.5) is 5.69 Å². The molecule has 0 saturated carbocycles. The van der Waals surface area contributed by atoms with Crippen molar-refractivity contribution in [1.82, 2.24) is 0 Å². The number of hydrogen-bond donors (Lipinski definition) is 1. The highest BCUT2D eigenvalue weighted by Gasteiger charge is 2.06. The summed E-state index contributed by atoms with van der Waals surface area (Å²) in [7, 11) is 0. The highest BCUT2D eigenvalue weighted by atomic mass is 79.9. The molecular weight excluding hydrogens is 272 g/mol. The Hall–Kier alpha value is -1.36. The lowest BCUT2D eigenvalue weighted by Gasteiger charge is -2.04. The SMILES string of the molecule is CCOC(=O)/C(C)=N\Nc1ccccc1Br. The third-order valence-electron chi connectivity index (χ3n) is 1.79. The van der Waals surface area contributed by atoms with Gasteiger partial charge in [0.25, 0.3) is 0 Å². The summed E-state index contributed by atoms with van der Waals surface area (Å²) in [6.45, 7) is 3.70. The summed E-state index contributed by atoms with van der Waals surface area (Å²) in [6, 6.07) is 7.52. The van der Waals surface area contributed by atoms with Crippen molar-refractivity contribution in [3.63, 3.8) is 0 Å². The second-order valence-corrected chi connectivity index (χ2v) is 3.86. The Morgan fingerprint density at radius 3 is 2.81 bits per heavy atom. The second-order valence-electron chi connectivity index (χ2n) is 3.01. The van der Waals surface area contributed by atoms with Gasteiger partial charge in [0.2, 0.25) is 0 Å². The van der Waals surface area contributed by atoms with Crippen LogP contribution in [0, 0.1) is 0 Å². The van der Waals surface area contributed by atoms with Crippen molar-refractivity contribution in [2.75, 3.05) is 12.0 Å². The van der Waals surface area contributed by atoms with E-state index in [1.54, 1.807) is 13.8 Å². The summed E-state index contributed by atoms with van der Waals surface area (Å²) < 4.78 is 5.69. The van der Waals surface area contributed by atoms with Crippen LogP contribution in [0.15, 0.2) is 33.8 Å². The molecule has 86 valence electrons. The van der Waals surface area contributed by atoms with E-state index in [1.165, 1.54) is 0 Å². The maximum Gasteiger partial charge on any atom is 0.354 e. The third-order valence-corrected chi connectivity index (χ3v) is 2.48. The van der Waals surface area contributed by atoms with Gasteiger partial charge in [-0.25, -0.2) is 4.79 Å². The van der Waals surface area contributed by atoms with Gasteiger partial charge in [-0.3, -0.25) is 5.43 Å². The minimum atomic E-state index is -0.415. The lowest BCUT2D eigenvalue weighted by Crippen LogP contribution is -2.15. The number of benzene rings is 1. The largest absolute Gasteiger partial charge is 0.461 e. The zero-order chi connectivity index (χ0) is 12.0. The van der Waals surface area contributed by atoms with Crippen molar-refractivity contribution in [2.45, 2.75) is 13.8 Å². The van der Waals surface area contributed by atoms with Gasteiger partial charge >= 0.3 is 5.97 Å². The number of rotatable bonds is 4. The first-order chi connectivity index (χ1) is 7.65. The van der Waals surface area contributed by atoms with Crippen molar-refractivity contribution in [3.05, 3.63) is 28.7 Å². The van der Waals surface area contributed by atoms with E-state index in [9.17, 15) is 4.79 Å². The number of ether oxygens (including phenoxy) is 1. The molecule has 1 aromatic carbocycles. The summed E-state index contributed by atoms with van der Waals surface area (Å²) in [5.41, 5.74) is 3.88. The number of hydrazone groups is 1. The number of halogens is 1. The van der Waals surface area contributed by atoms with Crippen molar-refractivity contribution in [2.24, 2.45) is 5.10 Å². The van der Waals surface area contributed by atoms with Gasteiger partial charge in [-0.2, -0.15) is 5.10 Å². The predicted octanol–water partition coefficient (Wildman–Crippen LogP) is 2.80. The van der Waals surface area contributed by atoms with Crippen LogP contribution in [0.25, 0.3) is 0 Å². The molecule has 0 saturated heterocycles. The van der Waals surface area contributed by atoms with Gasteiger partial charge in [-0.1, -0.05) is 12.1 Å². The molecule has 0 aliphatic carbocycles. The summed E-state index contributed by atoms with van der Waals surface area (Å²) in [5.74, 6) is -0.415. The zero-order valence-corrected chi connectivity index (χ0v) is 10.7. The molecule has 0 aliphatic rings. The van der Waals surface area contributed by atoms with Gasteiger partial charge in [0.15, 0.2) is 0 Å². The molecule has 16 heavy (non-hydrogen) atoms. The Morgan fingerprint density at radius 1 is 1.50 bits per heavy atom. The number of nitrogens with zero attached hydrogens (tertiary/aromatic N) is 1. The Kier molecular flexibility index (Phi) is 4.98. The highest BCUT2D eigenvalue weighted by Crippen LogP contribution is 2.20. The fraction of sp³-hybridized carbons (Fsp3) is 0.273. The van der Waals surface area contributed by atoms with Crippen LogP contribution in [0.2, 0.25) is 0 Å². The van der Waals surface area contributed by atoms with Gasteiger partial charge in [0, 0.05) is 4.47 Å². The molecule has 0 aromatic heterocycles. The van der Waals surface area contributed by atoms with Gasteiger partial charge in [0.1, 0.15) is 5.71 Å². The number of anilines is 1. The molecule has 1 rings (SSSR count). The number of hydrogen-bond acceptors (Lipinski definition) is 4. The molecule has 1 aromatic rings. The Morgan fingerprint density at radius 2 is 2.19 bits per heavy atom. The normalized spacial score (nSPS) is 11.1. The molecule has 0 heterocycles. The minimum absolute atomic E-state index is 0.289. The summed E-state index contributed by atoms with van der Waals surface area (Å²) in [6.07, 6.45) is 0. The van der Waals surface area contributed by atoms with Crippen LogP contribution in [0.1, 0.15) is 13.8 Å².